The highest BCUT2D eigenvalue weighted by Crippen LogP contribution is 1.92. The first kappa shape index (κ1) is 11.1. The van der Waals surface area contributed by atoms with Gasteiger partial charge in [-0.3, -0.25) is 0 Å². The van der Waals surface area contributed by atoms with Crippen molar-refractivity contribution < 1.29 is 9.47 Å². The van der Waals surface area contributed by atoms with Crippen molar-refractivity contribution >= 4 is 0 Å². The summed E-state index contributed by atoms with van der Waals surface area (Å²) in [5.74, 6) is 0. The lowest BCUT2D eigenvalue weighted by molar-refractivity contribution is -0.00271. The van der Waals surface area contributed by atoms with Crippen LogP contribution in [0.1, 0.15) is 5.56 Å². The molecule has 0 aromatic heterocycles. The fraction of sp³-hybridized carbons (Fsp3) is 0.400. The Bertz CT molecular complexity index is 170. The summed E-state index contributed by atoms with van der Waals surface area (Å²) in [5, 5.41) is 0. The van der Waals surface area contributed by atoms with Gasteiger partial charge in [0.2, 0.25) is 0 Å². The lowest BCUT2D eigenvalue weighted by atomic mass is 10.2. The molecule has 0 bridgehead atoms. The van der Waals surface area contributed by atoms with Gasteiger partial charge in [0.1, 0.15) is 6.79 Å². The smallest absolute Gasteiger partial charge is 0.145 e. The standard InChI is InChI=1S/C7H8.C3H8O2/c1-7-5-3-2-4-6-7;1-4-3-5-2/h2-6H,1H3;3H2,1-2H3. The van der Waals surface area contributed by atoms with Gasteiger partial charge in [0, 0.05) is 14.2 Å². The third kappa shape index (κ3) is 7.25. The van der Waals surface area contributed by atoms with Crippen LogP contribution >= 0.6 is 0 Å². The zero-order chi connectivity index (χ0) is 9.23. The first-order valence-corrected chi connectivity index (χ1v) is 3.80. The Morgan fingerprint density at radius 1 is 1.00 bits per heavy atom. The van der Waals surface area contributed by atoms with Crippen molar-refractivity contribution in [2.24, 2.45) is 0 Å². The van der Waals surface area contributed by atoms with E-state index in [1.165, 1.54) is 5.56 Å². The van der Waals surface area contributed by atoms with Gasteiger partial charge < -0.3 is 9.47 Å². The molecule has 1 aromatic carbocycles. The van der Waals surface area contributed by atoms with Crippen LogP contribution in [0.4, 0.5) is 0 Å². The molecule has 0 aliphatic rings. The van der Waals surface area contributed by atoms with Crippen LogP contribution in [0, 0.1) is 6.92 Å². The van der Waals surface area contributed by atoms with Crippen LogP contribution in [0.2, 0.25) is 0 Å². The van der Waals surface area contributed by atoms with Crippen molar-refractivity contribution in [1.82, 2.24) is 0 Å². The summed E-state index contributed by atoms with van der Waals surface area (Å²) < 4.78 is 8.94. The highest BCUT2D eigenvalue weighted by Gasteiger charge is 1.72. The second kappa shape index (κ2) is 8.24. The number of hydrogen-bond acceptors (Lipinski definition) is 2. The molecule has 1 rings (SSSR count). The van der Waals surface area contributed by atoms with E-state index in [1.54, 1.807) is 14.2 Å². The Morgan fingerprint density at radius 2 is 1.50 bits per heavy atom. The summed E-state index contributed by atoms with van der Waals surface area (Å²) in [4.78, 5) is 0. The van der Waals surface area contributed by atoms with Crippen LogP contribution in [0.5, 0.6) is 0 Å². The lowest BCUT2D eigenvalue weighted by Gasteiger charge is -1.87. The average Bonchev–Trinajstić information content (AvgIpc) is 2.08. The monoisotopic (exact) mass is 168 g/mol. The van der Waals surface area contributed by atoms with Crippen LogP contribution < -0.4 is 0 Å². The molecule has 0 saturated carbocycles. The second-order valence-corrected chi connectivity index (χ2v) is 2.35. The van der Waals surface area contributed by atoms with Crippen molar-refractivity contribution in [2.45, 2.75) is 6.92 Å². The van der Waals surface area contributed by atoms with Gasteiger partial charge in [-0.1, -0.05) is 35.9 Å². The first-order valence-electron chi connectivity index (χ1n) is 3.80. The maximum atomic E-state index is 4.47. The number of benzene rings is 1. The zero-order valence-electron chi connectivity index (χ0n) is 7.91. The van der Waals surface area contributed by atoms with Crippen molar-refractivity contribution in [2.75, 3.05) is 21.0 Å². The van der Waals surface area contributed by atoms with Gasteiger partial charge in [0.15, 0.2) is 0 Å². The van der Waals surface area contributed by atoms with E-state index in [0.717, 1.165) is 0 Å². The summed E-state index contributed by atoms with van der Waals surface area (Å²) in [5.41, 5.74) is 1.32. The molecule has 0 unspecified atom stereocenters. The Hall–Kier alpha value is -0.860. The minimum atomic E-state index is 0.389. The van der Waals surface area contributed by atoms with E-state index in [-0.39, 0.29) is 0 Å². The number of aryl methyl sites for hydroxylation is 1. The molecule has 2 heteroatoms. The molecule has 0 aliphatic heterocycles. The average molecular weight is 168 g/mol. The molecule has 0 atom stereocenters. The topological polar surface area (TPSA) is 18.5 Å². The molecule has 1 aromatic rings. The first-order chi connectivity index (χ1) is 5.81. The molecular formula is C10H16O2. The summed E-state index contributed by atoms with van der Waals surface area (Å²) >= 11 is 0. The van der Waals surface area contributed by atoms with Crippen LogP contribution in [-0.2, 0) is 9.47 Å². The van der Waals surface area contributed by atoms with Crippen LogP contribution in [-0.4, -0.2) is 21.0 Å². The molecule has 12 heavy (non-hydrogen) atoms. The predicted molar refractivity (Wildman–Crippen MR) is 50.1 cm³/mol. The van der Waals surface area contributed by atoms with Gasteiger partial charge in [-0.2, -0.15) is 0 Å². The fourth-order valence-corrected chi connectivity index (χ4v) is 0.652. The van der Waals surface area contributed by atoms with Crippen molar-refractivity contribution in [3.63, 3.8) is 0 Å². The summed E-state index contributed by atoms with van der Waals surface area (Å²) in [7, 11) is 3.17. The highest BCUT2D eigenvalue weighted by atomic mass is 16.6. The van der Waals surface area contributed by atoms with Gasteiger partial charge in [0.25, 0.3) is 0 Å². The molecule has 0 spiro atoms. The Morgan fingerprint density at radius 3 is 1.67 bits per heavy atom. The number of ether oxygens (including phenoxy) is 2. The van der Waals surface area contributed by atoms with Crippen molar-refractivity contribution in [3.8, 4) is 0 Å². The third-order valence-electron chi connectivity index (χ3n) is 1.18. The Labute approximate surface area is 74.1 Å². The highest BCUT2D eigenvalue weighted by molar-refractivity contribution is 5.11. The fourth-order valence-electron chi connectivity index (χ4n) is 0.652. The largest absolute Gasteiger partial charge is 0.359 e. The third-order valence-corrected chi connectivity index (χ3v) is 1.18. The van der Waals surface area contributed by atoms with Crippen molar-refractivity contribution in [1.29, 1.82) is 0 Å². The summed E-state index contributed by atoms with van der Waals surface area (Å²) in [6.45, 7) is 2.47. The molecule has 68 valence electrons. The molecule has 0 saturated heterocycles. The van der Waals surface area contributed by atoms with Gasteiger partial charge >= 0.3 is 0 Å². The minimum absolute atomic E-state index is 0.389. The molecular weight excluding hydrogens is 152 g/mol. The predicted octanol–water partition coefficient (Wildman–Crippen LogP) is 2.23. The minimum Gasteiger partial charge on any atom is -0.359 e. The lowest BCUT2D eigenvalue weighted by Crippen LogP contribution is -1.87. The van der Waals surface area contributed by atoms with E-state index in [9.17, 15) is 0 Å². The molecule has 0 amide bonds. The van der Waals surface area contributed by atoms with E-state index < -0.39 is 0 Å². The van der Waals surface area contributed by atoms with E-state index in [4.69, 9.17) is 0 Å². The maximum absolute atomic E-state index is 4.47. The zero-order valence-corrected chi connectivity index (χ0v) is 7.91. The normalized spacial score (nSPS) is 8.58. The van der Waals surface area contributed by atoms with E-state index in [2.05, 4.69) is 28.5 Å². The second-order valence-electron chi connectivity index (χ2n) is 2.35. The molecule has 0 heterocycles. The quantitative estimate of drug-likeness (QED) is 0.630. The van der Waals surface area contributed by atoms with E-state index in [1.807, 2.05) is 18.2 Å². The molecule has 0 N–H and O–H groups in total. The molecule has 2 nitrogen and oxygen atoms in total. The van der Waals surface area contributed by atoms with Crippen LogP contribution in [0.25, 0.3) is 0 Å². The van der Waals surface area contributed by atoms with Crippen LogP contribution in [0.15, 0.2) is 30.3 Å². The summed E-state index contributed by atoms with van der Waals surface area (Å²) in [6, 6.07) is 10.3. The summed E-state index contributed by atoms with van der Waals surface area (Å²) in [6.07, 6.45) is 0. The van der Waals surface area contributed by atoms with E-state index >= 15 is 0 Å². The number of methoxy groups -OCH3 is 2. The van der Waals surface area contributed by atoms with Gasteiger partial charge in [-0.05, 0) is 6.92 Å². The van der Waals surface area contributed by atoms with Gasteiger partial charge in [-0.15, -0.1) is 0 Å². The van der Waals surface area contributed by atoms with Gasteiger partial charge in [0.05, 0.1) is 0 Å². The van der Waals surface area contributed by atoms with Gasteiger partial charge in [-0.25, -0.2) is 0 Å². The van der Waals surface area contributed by atoms with Crippen molar-refractivity contribution in [3.05, 3.63) is 35.9 Å². The Kier molecular flexibility index (Phi) is 7.65. The number of hydrogen-bond donors (Lipinski definition) is 0. The molecule has 0 aliphatic carbocycles. The number of rotatable bonds is 2. The van der Waals surface area contributed by atoms with Crippen LogP contribution in [0.3, 0.4) is 0 Å². The SMILES string of the molecule is COCOC.Cc1ccccc1. The molecule has 0 radical (unpaired) electrons. The Balaban J connectivity index is 0.000000217. The van der Waals surface area contributed by atoms with E-state index in [0.29, 0.717) is 6.79 Å². The molecule has 0 fully saturated rings. The maximum Gasteiger partial charge on any atom is 0.145 e.